The Bertz CT molecular complexity index is 419. The van der Waals surface area contributed by atoms with Crippen LogP contribution in [0, 0.1) is 6.92 Å². The van der Waals surface area contributed by atoms with Crippen LogP contribution in [-0.2, 0) is 17.8 Å². The zero-order chi connectivity index (χ0) is 13.7. The number of carbonyl (C=O) groups is 1. The van der Waals surface area contributed by atoms with Crippen LogP contribution in [-0.4, -0.2) is 53.2 Å². The van der Waals surface area contributed by atoms with Gasteiger partial charge in [0.05, 0.1) is 12.2 Å². The lowest BCUT2D eigenvalue weighted by molar-refractivity contribution is -0.119. The van der Waals surface area contributed by atoms with Crippen molar-refractivity contribution in [3.8, 4) is 0 Å². The zero-order valence-electron chi connectivity index (χ0n) is 12.0. The standard InChI is InChI=1S/C14H24N4O/c1-3-18-13(9-12(2)16-18)10-14(19)11-17-7-4-5-15-6-8-17/h9,15H,3-8,10-11H2,1-2H3. The molecular formula is C14H24N4O. The number of Topliss-reactive ketones (excluding diaryl/α,β-unsaturated/α-hetero) is 1. The molecule has 0 aliphatic carbocycles. The molecule has 0 spiro atoms. The maximum Gasteiger partial charge on any atom is 0.152 e. The lowest BCUT2D eigenvalue weighted by Gasteiger charge is -2.18. The number of ketones is 1. The predicted molar refractivity (Wildman–Crippen MR) is 75.3 cm³/mol. The fourth-order valence-corrected chi connectivity index (χ4v) is 2.58. The highest BCUT2D eigenvalue weighted by Gasteiger charge is 2.15. The van der Waals surface area contributed by atoms with Gasteiger partial charge >= 0.3 is 0 Å². The molecule has 0 saturated carbocycles. The molecule has 1 saturated heterocycles. The number of rotatable bonds is 5. The van der Waals surface area contributed by atoms with Gasteiger partial charge in [-0.3, -0.25) is 14.4 Å². The van der Waals surface area contributed by atoms with Crippen LogP contribution < -0.4 is 5.32 Å². The predicted octanol–water partition coefficient (Wildman–Crippen LogP) is 0.618. The first kappa shape index (κ1) is 14.2. The Balaban J connectivity index is 1.89. The van der Waals surface area contributed by atoms with E-state index in [-0.39, 0.29) is 5.78 Å². The fourth-order valence-electron chi connectivity index (χ4n) is 2.58. The van der Waals surface area contributed by atoms with Crippen LogP contribution >= 0.6 is 0 Å². The first-order valence-corrected chi connectivity index (χ1v) is 7.17. The van der Waals surface area contributed by atoms with Crippen molar-refractivity contribution < 1.29 is 4.79 Å². The molecule has 1 N–H and O–H groups in total. The van der Waals surface area contributed by atoms with E-state index in [9.17, 15) is 4.79 Å². The monoisotopic (exact) mass is 264 g/mol. The van der Waals surface area contributed by atoms with Crippen molar-refractivity contribution in [3.05, 3.63) is 17.5 Å². The number of aromatic nitrogens is 2. The van der Waals surface area contributed by atoms with Crippen LogP contribution in [0.5, 0.6) is 0 Å². The van der Waals surface area contributed by atoms with Gasteiger partial charge in [-0.15, -0.1) is 0 Å². The van der Waals surface area contributed by atoms with Gasteiger partial charge in [0.25, 0.3) is 0 Å². The summed E-state index contributed by atoms with van der Waals surface area (Å²) in [5.41, 5.74) is 2.03. The highest BCUT2D eigenvalue weighted by atomic mass is 16.1. The first-order valence-electron chi connectivity index (χ1n) is 7.17. The minimum atomic E-state index is 0.288. The second-order valence-electron chi connectivity index (χ2n) is 5.19. The smallest absolute Gasteiger partial charge is 0.152 e. The van der Waals surface area contributed by atoms with Gasteiger partial charge in [-0.1, -0.05) is 0 Å². The van der Waals surface area contributed by atoms with Crippen molar-refractivity contribution in [1.29, 1.82) is 0 Å². The number of nitrogens with one attached hydrogen (secondary N) is 1. The molecule has 1 aliphatic heterocycles. The Morgan fingerprint density at radius 2 is 2.26 bits per heavy atom. The Morgan fingerprint density at radius 1 is 1.42 bits per heavy atom. The molecule has 0 bridgehead atoms. The van der Waals surface area contributed by atoms with Crippen molar-refractivity contribution >= 4 is 5.78 Å². The van der Waals surface area contributed by atoms with Crippen LogP contribution in [0.1, 0.15) is 24.7 Å². The molecule has 19 heavy (non-hydrogen) atoms. The molecule has 2 heterocycles. The average Bonchev–Trinajstić information content (AvgIpc) is 2.58. The van der Waals surface area contributed by atoms with Crippen molar-refractivity contribution in [2.24, 2.45) is 0 Å². The van der Waals surface area contributed by atoms with Crippen molar-refractivity contribution in [2.45, 2.75) is 33.2 Å². The summed E-state index contributed by atoms with van der Waals surface area (Å²) in [5.74, 6) is 0.288. The van der Waals surface area contributed by atoms with Crippen molar-refractivity contribution in [1.82, 2.24) is 20.0 Å². The van der Waals surface area contributed by atoms with Gasteiger partial charge in [-0.05, 0) is 39.4 Å². The van der Waals surface area contributed by atoms with Gasteiger partial charge in [0.15, 0.2) is 5.78 Å². The van der Waals surface area contributed by atoms with E-state index >= 15 is 0 Å². The summed E-state index contributed by atoms with van der Waals surface area (Å²) in [6.07, 6.45) is 1.62. The lowest BCUT2D eigenvalue weighted by Crippen LogP contribution is -2.33. The number of hydrogen-bond acceptors (Lipinski definition) is 4. The summed E-state index contributed by atoms with van der Waals surface area (Å²) in [5, 5.41) is 7.74. The lowest BCUT2D eigenvalue weighted by atomic mass is 10.2. The van der Waals surface area contributed by atoms with Crippen LogP contribution in [0.2, 0.25) is 0 Å². The van der Waals surface area contributed by atoms with E-state index in [4.69, 9.17) is 0 Å². The van der Waals surface area contributed by atoms with Gasteiger partial charge in [0.1, 0.15) is 0 Å². The third kappa shape index (κ3) is 4.14. The number of carbonyl (C=O) groups excluding carboxylic acids is 1. The molecular weight excluding hydrogens is 240 g/mol. The van der Waals surface area contributed by atoms with Crippen LogP contribution in [0.4, 0.5) is 0 Å². The molecule has 1 aromatic rings. The molecule has 2 rings (SSSR count). The van der Waals surface area contributed by atoms with Gasteiger partial charge in [-0.2, -0.15) is 5.10 Å². The topological polar surface area (TPSA) is 50.2 Å². The summed E-state index contributed by atoms with van der Waals surface area (Å²) < 4.78 is 1.93. The molecule has 5 nitrogen and oxygen atoms in total. The van der Waals surface area contributed by atoms with E-state index in [2.05, 4.69) is 22.2 Å². The molecule has 5 heteroatoms. The highest BCUT2D eigenvalue weighted by molar-refractivity contribution is 5.82. The minimum absolute atomic E-state index is 0.288. The average molecular weight is 264 g/mol. The van der Waals surface area contributed by atoms with E-state index < -0.39 is 0 Å². The molecule has 0 atom stereocenters. The van der Waals surface area contributed by atoms with Crippen molar-refractivity contribution in [3.63, 3.8) is 0 Å². The number of aryl methyl sites for hydroxylation is 2. The largest absolute Gasteiger partial charge is 0.315 e. The Kier molecular flexibility index (Phi) is 5.10. The minimum Gasteiger partial charge on any atom is -0.315 e. The zero-order valence-corrected chi connectivity index (χ0v) is 12.0. The summed E-state index contributed by atoms with van der Waals surface area (Å²) in [6.45, 7) is 9.45. The Hall–Kier alpha value is -1.20. The van der Waals surface area contributed by atoms with Gasteiger partial charge in [-0.25, -0.2) is 0 Å². The number of hydrogen-bond donors (Lipinski definition) is 1. The number of nitrogens with zero attached hydrogens (tertiary/aromatic N) is 3. The molecule has 0 unspecified atom stereocenters. The van der Waals surface area contributed by atoms with Crippen LogP contribution in [0.3, 0.4) is 0 Å². The highest BCUT2D eigenvalue weighted by Crippen LogP contribution is 2.06. The van der Waals surface area contributed by atoms with Gasteiger partial charge < -0.3 is 5.32 Å². The molecule has 1 fully saturated rings. The normalized spacial score (nSPS) is 17.4. The van der Waals surface area contributed by atoms with E-state index in [0.29, 0.717) is 13.0 Å². The maximum absolute atomic E-state index is 12.2. The quantitative estimate of drug-likeness (QED) is 0.847. The second-order valence-corrected chi connectivity index (χ2v) is 5.19. The Labute approximate surface area is 115 Å². The van der Waals surface area contributed by atoms with E-state index in [1.807, 2.05) is 17.7 Å². The van der Waals surface area contributed by atoms with Crippen LogP contribution in [0.25, 0.3) is 0 Å². The van der Waals surface area contributed by atoms with E-state index in [0.717, 1.165) is 50.5 Å². The summed E-state index contributed by atoms with van der Waals surface area (Å²) >= 11 is 0. The Morgan fingerprint density at radius 3 is 3.05 bits per heavy atom. The SMILES string of the molecule is CCn1nc(C)cc1CC(=O)CN1CCCNCC1. The molecule has 1 aliphatic rings. The molecule has 0 aromatic carbocycles. The molecule has 1 aromatic heterocycles. The third-order valence-electron chi connectivity index (χ3n) is 3.50. The second kappa shape index (κ2) is 6.82. The molecule has 106 valence electrons. The van der Waals surface area contributed by atoms with Crippen molar-refractivity contribution in [2.75, 3.05) is 32.7 Å². The molecule has 0 amide bonds. The summed E-state index contributed by atoms with van der Waals surface area (Å²) in [7, 11) is 0. The fraction of sp³-hybridized carbons (Fsp3) is 0.714. The molecule has 0 radical (unpaired) electrons. The van der Waals surface area contributed by atoms with Crippen LogP contribution in [0.15, 0.2) is 6.07 Å². The first-order chi connectivity index (χ1) is 9.19. The maximum atomic E-state index is 12.2. The van der Waals surface area contributed by atoms with E-state index in [1.165, 1.54) is 0 Å². The van der Waals surface area contributed by atoms with Gasteiger partial charge in [0, 0.05) is 31.7 Å². The summed E-state index contributed by atoms with van der Waals surface area (Å²) in [4.78, 5) is 14.4. The van der Waals surface area contributed by atoms with Gasteiger partial charge in [0.2, 0.25) is 0 Å². The summed E-state index contributed by atoms with van der Waals surface area (Å²) in [6, 6.07) is 2.02. The van der Waals surface area contributed by atoms with E-state index in [1.54, 1.807) is 0 Å². The third-order valence-corrected chi connectivity index (χ3v) is 3.50.